The Hall–Kier alpha value is -1.53. The third-order valence-corrected chi connectivity index (χ3v) is 3.85. The smallest absolute Gasteiger partial charge is 0.101 e. The third kappa shape index (κ3) is 2.34. The Bertz CT molecular complexity index is 473. The molecule has 0 N–H and O–H groups in total. The molecule has 1 saturated heterocycles. The van der Waals surface area contributed by atoms with Gasteiger partial charge >= 0.3 is 0 Å². The van der Waals surface area contributed by atoms with Crippen molar-refractivity contribution >= 4 is 5.69 Å². The zero-order chi connectivity index (χ0) is 13.3. The van der Waals surface area contributed by atoms with Gasteiger partial charge in [-0.1, -0.05) is 13.0 Å². The Balaban J connectivity index is 2.27. The van der Waals surface area contributed by atoms with Crippen LogP contribution in [-0.4, -0.2) is 38.1 Å². The third-order valence-electron chi connectivity index (χ3n) is 3.85. The molecule has 3 heteroatoms. The van der Waals surface area contributed by atoms with E-state index in [-0.39, 0.29) is 0 Å². The molecule has 2 atom stereocenters. The minimum Gasteiger partial charge on any atom is -0.369 e. The van der Waals surface area contributed by atoms with E-state index in [2.05, 4.69) is 49.0 Å². The second-order valence-electron chi connectivity index (χ2n) is 5.55. The number of hydrogen-bond acceptors (Lipinski definition) is 3. The van der Waals surface area contributed by atoms with Gasteiger partial charge in [0.1, 0.15) is 6.07 Å². The van der Waals surface area contributed by atoms with Gasteiger partial charge in [0.25, 0.3) is 0 Å². The molecule has 2 unspecified atom stereocenters. The number of aryl methyl sites for hydroxylation is 1. The van der Waals surface area contributed by atoms with Gasteiger partial charge in [-0.25, -0.2) is 0 Å². The fraction of sp³-hybridized carbons (Fsp3) is 0.533. The molecule has 1 aromatic rings. The highest BCUT2D eigenvalue weighted by Crippen LogP contribution is 2.29. The van der Waals surface area contributed by atoms with Gasteiger partial charge in [0.15, 0.2) is 0 Å². The van der Waals surface area contributed by atoms with E-state index in [1.807, 2.05) is 13.0 Å². The van der Waals surface area contributed by atoms with Crippen molar-refractivity contribution in [1.82, 2.24) is 4.90 Å². The summed E-state index contributed by atoms with van der Waals surface area (Å²) in [6.45, 7) is 6.34. The first-order chi connectivity index (χ1) is 8.52. The number of nitriles is 1. The van der Waals surface area contributed by atoms with Crippen LogP contribution in [0.2, 0.25) is 0 Å². The van der Waals surface area contributed by atoms with Crippen molar-refractivity contribution in [3.8, 4) is 6.07 Å². The molecule has 96 valence electrons. The zero-order valence-corrected chi connectivity index (χ0v) is 11.6. The minimum atomic E-state index is 0.567. The number of hydrogen-bond donors (Lipinski definition) is 0. The first-order valence-electron chi connectivity index (χ1n) is 6.45. The molecule has 2 rings (SSSR count). The van der Waals surface area contributed by atoms with E-state index in [1.165, 1.54) is 0 Å². The summed E-state index contributed by atoms with van der Waals surface area (Å²) in [4.78, 5) is 4.62. The lowest BCUT2D eigenvalue weighted by Gasteiger charge is -2.23. The summed E-state index contributed by atoms with van der Waals surface area (Å²) in [5.74, 6) is 0.632. The normalized spacial score (nSPS) is 23.4. The first-order valence-corrected chi connectivity index (χ1v) is 6.45. The van der Waals surface area contributed by atoms with Crippen LogP contribution in [0, 0.1) is 24.2 Å². The molecule has 0 bridgehead atoms. The van der Waals surface area contributed by atoms with Crippen LogP contribution in [0.15, 0.2) is 18.2 Å². The molecule has 3 nitrogen and oxygen atoms in total. The summed E-state index contributed by atoms with van der Waals surface area (Å²) in [7, 11) is 4.26. The van der Waals surface area contributed by atoms with Crippen LogP contribution in [0.4, 0.5) is 5.69 Å². The Morgan fingerprint density at radius 2 is 2.06 bits per heavy atom. The van der Waals surface area contributed by atoms with E-state index in [0.717, 1.165) is 29.9 Å². The van der Waals surface area contributed by atoms with Gasteiger partial charge in [-0.15, -0.1) is 0 Å². The van der Waals surface area contributed by atoms with Gasteiger partial charge in [-0.3, -0.25) is 0 Å². The molecule has 0 aromatic heterocycles. The molecule has 0 spiro atoms. The lowest BCUT2D eigenvalue weighted by molar-refractivity contribution is 0.266. The van der Waals surface area contributed by atoms with E-state index in [4.69, 9.17) is 0 Å². The van der Waals surface area contributed by atoms with Gasteiger partial charge < -0.3 is 9.80 Å². The van der Waals surface area contributed by atoms with Crippen molar-refractivity contribution in [3.63, 3.8) is 0 Å². The van der Waals surface area contributed by atoms with Crippen molar-refractivity contribution in [2.24, 2.45) is 5.92 Å². The molecule has 0 aliphatic carbocycles. The number of anilines is 1. The highest BCUT2D eigenvalue weighted by atomic mass is 15.2. The van der Waals surface area contributed by atoms with E-state index < -0.39 is 0 Å². The quantitative estimate of drug-likeness (QED) is 0.798. The summed E-state index contributed by atoms with van der Waals surface area (Å²) in [5.41, 5.74) is 3.02. The monoisotopic (exact) mass is 243 g/mol. The summed E-state index contributed by atoms with van der Waals surface area (Å²) in [6.07, 6.45) is 0. The average Bonchev–Trinajstić information content (AvgIpc) is 2.71. The predicted octanol–water partition coefficient (Wildman–Crippen LogP) is 2.25. The maximum absolute atomic E-state index is 9.26. The van der Waals surface area contributed by atoms with Crippen molar-refractivity contribution in [3.05, 3.63) is 29.3 Å². The van der Waals surface area contributed by atoms with Crippen molar-refractivity contribution < 1.29 is 0 Å². The second kappa shape index (κ2) is 4.99. The highest BCUT2D eigenvalue weighted by Gasteiger charge is 2.31. The van der Waals surface area contributed by atoms with Crippen molar-refractivity contribution in [2.45, 2.75) is 19.9 Å². The zero-order valence-electron chi connectivity index (χ0n) is 11.6. The average molecular weight is 243 g/mol. The van der Waals surface area contributed by atoms with Crippen LogP contribution in [0.3, 0.4) is 0 Å². The number of nitrogens with zero attached hydrogens (tertiary/aromatic N) is 3. The largest absolute Gasteiger partial charge is 0.369 e. The lowest BCUT2D eigenvalue weighted by Crippen LogP contribution is -2.34. The van der Waals surface area contributed by atoms with Crippen LogP contribution in [-0.2, 0) is 0 Å². The SMILES string of the molecule is Cc1ccc(N2CC(C)C(N(C)C)C2)c(C#N)c1. The fourth-order valence-corrected chi connectivity index (χ4v) is 2.83. The Morgan fingerprint density at radius 1 is 1.33 bits per heavy atom. The highest BCUT2D eigenvalue weighted by molar-refractivity contribution is 5.61. The number of benzene rings is 1. The van der Waals surface area contributed by atoms with Gasteiger partial charge in [0.2, 0.25) is 0 Å². The summed E-state index contributed by atoms with van der Waals surface area (Å²) >= 11 is 0. The number of rotatable bonds is 2. The molecular weight excluding hydrogens is 222 g/mol. The molecule has 1 aliphatic rings. The molecule has 18 heavy (non-hydrogen) atoms. The van der Waals surface area contributed by atoms with Crippen LogP contribution in [0.1, 0.15) is 18.1 Å². The molecule has 1 heterocycles. The summed E-state index contributed by atoms with van der Waals surface area (Å²) in [5, 5.41) is 9.26. The Kier molecular flexibility index (Phi) is 3.58. The van der Waals surface area contributed by atoms with Crippen LogP contribution in [0.25, 0.3) is 0 Å². The second-order valence-corrected chi connectivity index (χ2v) is 5.55. The topological polar surface area (TPSA) is 30.3 Å². The van der Waals surface area contributed by atoms with Crippen molar-refractivity contribution in [1.29, 1.82) is 5.26 Å². The van der Waals surface area contributed by atoms with Crippen LogP contribution < -0.4 is 4.90 Å². The molecule has 0 radical (unpaired) electrons. The lowest BCUT2D eigenvalue weighted by atomic mass is 10.1. The van der Waals surface area contributed by atoms with E-state index in [9.17, 15) is 5.26 Å². The maximum Gasteiger partial charge on any atom is 0.101 e. The summed E-state index contributed by atoms with van der Waals surface area (Å²) in [6, 6.07) is 9.03. The van der Waals surface area contributed by atoms with Crippen LogP contribution in [0.5, 0.6) is 0 Å². The van der Waals surface area contributed by atoms with Gasteiger partial charge in [0, 0.05) is 19.1 Å². The van der Waals surface area contributed by atoms with Crippen LogP contribution >= 0.6 is 0 Å². The van der Waals surface area contributed by atoms with Gasteiger partial charge in [-0.05, 0) is 44.6 Å². The Labute approximate surface area is 110 Å². The first kappa shape index (κ1) is 12.9. The molecular formula is C15H21N3. The van der Waals surface area contributed by atoms with E-state index >= 15 is 0 Å². The minimum absolute atomic E-state index is 0.567. The maximum atomic E-state index is 9.26. The summed E-state index contributed by atoms with van der Waals surface area (Å²) < 4.78 is 0. The van der Waals surface area contributed by atoms with Crippen molar-refractivity contribution in [2.75, 3.05) is 32.1 Å². The fourth-order valence-electron chi connectivity index (χ4n) is 2.83. The molecule has 1 fully saturated rings. The predicted molar refractivity (Wildman–Crippen MR) is 74.7 cm³/mol. The molecule has 1 aromatic carbocycles. The van der Waals surface area contributed by atoms with E-state index in [1.54, 1.807) is 0 Å². The van der Waals surface area contributed by atoms with Gasteiger partial charge in [-0.2, -0.15) is 5.26 Å². The van der Waals surface area contributed by atoms with Gasteiger partial charge in [0.05, 0.1) is 11.3 Å². The molecule has 0 amide bonds. The Morgan fingerprint density at radius 3 is 2.61 bits per heavy atom. The van der Waals surface area contributed by atoms with E-state index in [0.29, 0.717) is 12.0 Å². The number of likely N-dealkylation sites (N-methyl/N-ethyl adjacent to an activating group) is 1. The standard InChI is InChI=1S/C15H21N3/c1-11-5-6-14(13(7-11)8-16)18-9-12(2)15(10-18)17(3)4/h5-7,12,15H,9-10H2,1-4H3. The molecule has 0 saturated carbocycles. The molecule has 1 aliphatic heterocycles.